The number of rotatable bonds is 3. The lowest BCUT2D eigenvalue weighted by molar-refractivity contribution is -0.398. The summed E-state index contributed by atoms with van der Waals surface area (Å²) in [6, 6.07) is 4.49. The molecule has 23 heavy (non-hydrogen) atoms. The Morgan fingerprint density at radius 2 is 2.22 bits per heavy atom. The maximum absolute atomic E-state index is 12.0. The summed E-state index contributed by atoms with van der Waals surface area (Å²) < 4.78 is 0. The van der Waals surface area contributed by atoms with Crippen molar-refractivity contribution < 1.29 is 10.0 Å². The Balaban J connectivity index is 2.02. The van der Waals surface area contributed by atoms with Gasteiger partial charge in [-0.3, -0.25) is 10.1 Å². The van der Waals surface area contributed by atoms with E-state index in [4.69, 9.17) is 11.6 Å². The Morgan fingerprint density at radius 1 is 1.43 bits per heavy atom. The summed E-state index contributed by atoms with van der Waals surface area (Å²) in [5.41, 5.74) is 1.00. The fourth-order valence-corrected chi connectivity index (χ4v) is 3.96. The van der Waals surface area contributed by atoms with Gasteiger partial charge in [-0.2, -0.15) is 5.26 Å². The molecule has 116 valence electrons. The van der Waals surface area contributed by atoms with E-state index in [1.165, 1.54) is 23.6 Å². The fourth-order valence-electron chi connectivity index (χ4n) is 2.56. The van der Waals surface area contributed by atoms with Crippen LogP contribution < -0.4 is 5.11 Å². The highest BCUT2D eigenvalue weighted by molar-refractivity contribution is 7.16. The number of nitro groups is 1. The van der Waals surface area contributed by atoms with Crippen LogP contribution in [0.1, 0.15) is 28.0 Å². The van der Waals surface area contributed by atoms with Crippen LogP contribution in [0.2, 0.25) is 5.02 Å². The summed E-state index contributed by atoms with van der Waals surface area (Å²) in [6.07, 6.45) is 4.06. The van der Waals surface area contributed by atoms with Crippen molar-refractivity contribution in [2.45, 2.75) is 19.3 Å². The lowest BCUT2D eigenvalue weighted by Crippen LogP contribution is -2.02. The Labute approximate surface area is 140 Å². The van der Waals surface area contributed by atoms with Crippen LogP contribution in [0.3, 0.4) is 0 Å². The average Bonchev–Trinajstić information content (AvgIpc) is 3.07. The van der Waals surface area contributed by atoms with Crippen molar-refractivity contribution in [3.63, 3.8) is 0 Å². The molecule has 0 saturated heterocycles. The average molecular weight is 347 g/mol. The maximum atomic E-state index is 12.0. The number of aliphatic imine (C=N–C) groups is 1. The third-order valence-corrected chi connectivity index (χ3v) is 5.01. The summed E-state index contributed by atoms with van der Waals surface area (Å²) in [5.74, 6) is -0.745. The molecule has 1 aliphatic rings. The number of nitrogens with zero attached hydrogens (tertiary/aromatic N) is 3. The molecule has 2 aromatic rings. The highest BCUT2D eigenvalue weighted by Crippen LogP contribution is 2.40. The summed E-state index contributed by atoms with van der Waals surface area (Å²) in [7, 11) is 0. The van der Waals surface area contributed by atoms with E-state index in [0.29, 0.717) is 10.6 Å². The highest BCUT2D eigenvalue weighted by atomic mass is 35.5. The van der Waals surface area contributed by atoms with Crippen molar-refractivity contribution >= 4 is 39.8 Å². The van der Waals surface area contributed by atoms with Gasteiger partial charge in [-0.25, -0.2) is 4.99 Å². The smallest absolute Gasteiger partial charge is 0.263 e. The lowest BCUT2D eigenvalue weighted by atomic mass is 10.1. The van der Waals surface area contributed by atoms with Crippen molar-refractivity contribution in [1.29, 1.82) is 5.26 Å². The second kappa shape index (κ2) is 5.99. The molecule has 1 aliphatic carbocycles. The Hall–Kier alpha value is -2.43. The van der Waals surface area contributed by atoms with Gasteiger partial charge in [-0.15, -0.1) is 11.3 Å². The molecule has 8 heteroatoms. The molecule has 0 amide bonds. The number of nitro benzene ring substituents is 1. The van der Waals surface area contributed by atoms with Gasteiger partial charge in [0.25, 0.3) is 5.69 Å². The van der Waals surface area contributed by atoms with E-state index in [9.17, 15) is 20.5 Å². The van der Waals surface area contributed by atoms with Gasteiger partial charge in [0, 0.05) is 22.2 Å². The quantitative estimate of drug-likeness (QED) is 0.482. The van der Waals surface area contributed by atoms with E-state index in [1.807, 2.05) is 0 Å². The Kier molecular flexibility index (Phi) is 4.03. The maximum Gasteiger partial charge on any atom is 0.263 e. The van der Waals surface area contributed by atoms with Gasteiger partial charge in [0.15, 0.2) is 0 Å². The molecule has 0 spiro atoms. The van der Waals surface area contributed by atoms with Crippen LogP contribution in [0.4, 0.5) is 10.7 Å². The highest BCUT2D eigenvalue weighted by Gasteiger charge is 2.21. The zero-order valence-electron chi connectivity index (χ0n) is 11.7. The van der Waals surface area contributed by atoms with Gasteiger partial charge >= 0.3 is 0 Å². The number of benzene rings is 1. The lowest BCUT2D eigenvalue weighted by Gasteiger charge is -2.10. The predicted molar refractivity (Wildman–Crippen MR) is 85.9 cm³/mol. The van der Waals surface area contributed by atoms with E-state index in [2.05, 4.69) is 11.1 Å². The Bertz CT molecular complexity index is 883. The molecular formula is C15H9ClN3O3S-. The molecule has 0 fully saturated rings. The van der Waals surface area contributed by atoms with Crippen molar-refractivity contribution in [1.82, 2.24) is 0 Å². The van der Waals surface area contributed by atoms with Crippen LogP contribution >= 0.6 is 22.9 Å². The van der Waals surface area contributed by atoms with Gasteiger partial charge in [-0.1, -0.05) is 11.6 Å². The number of fused-ring (bicyclic) bond motifs is 1. The van der Waals surface area contributed by atoms with E-state index in [-0.39, 0.29) is 10.6 Å². The molecule has 0 saturated carbocycles. The van der Waals surface area contributed by atoms with E-state index < -0.39 is 16.4 Å². The van der Waals surface area contributed by atoms with Crippen LogP contribution in [0.25, 0.3) is 0 Å². The first-order valence-electron chi connectivity index (χ1n) is 6.75. The number of hydrogen-bond donors (Lipinski definition) is 0. The first kappa shape index (κ1) is 15.5. The third-order valence-electron chi connectivity index (χ3n) is 3.59. The summed E-state index contributed by atoms with van der Waals surface area (Å²) >= 11 is 7.24. The third kappa shape index (κ3) is 2.79. The molecule has 6 nitrogen and oxygen atoms in total. The molecule has 1 aromatic heterocycles. The molecule has 0 radical (unpaired) electrons. The topological polar surface area (TPSA) is 102 Å². The summed E-state index contributed by atoms with van der Waals surface area (Å²) in [6.45, 7) is 0. The van der Waals surface area contributed by atoms with Gasteiger partial charge < -0.3 is 5.11 Å². The van der Waals surface area contributed by atoms with Crippen molar-refractivity contribution in [3.05, 3.63) is 48.8 Å². The molecule has 0 unspecified atom stereocenters. The molecular weight excluding hydrogens is 338 g/mol. The first-order chi connectivity index (χ1) is 11.0. The van der Waals surface area contributed by atoms with Gasteiger partial charge in [-0.05, 0) is 42.2 Å². The van der Waals surface area contributed by atoms with Gasteiger partial charge in [0.1, 0.15) is 11.1 Å². The normalized spacial score (nSPS) is 13.2. The SMILES string of the molecule is N#Cc1c(N=Cc2cc(Cl)cc([N+](=O)[O-])c2[O-])sc2c1CCC2. The summed E-state index contributed by atoms with van der Waals surface area (Å²) in [5, 5.41) is 32.8. The van der Waals surface area contributed by atoms with Gasteiger partial charge in [0.05, 0.1) is 10.5 Å². The zero-order chi connectivity index (χ0) is 16.6. The van der Waals surface area contributed by atoms with E-state index in [0.717, 1.165) is 35.8 Å². The predicted octanol–water partition coefficient (Wildman–Crippen LogP) is 3.49. The number of hydrogen-bond acceptors (Lipinski definition) is 6. The van der Waals surface area contributed by atoms with Crippen LogP contribution in [0.5, 0.6) is 5.75 Å². The molecule has 0 bridgehead atoms. The van der Waals surface area contributed by atoms with Crippen molar-refractivity contribution in [3.8, 4) is 11.8 Å². The minimum Gasteiger partial charge on any atom is -0.867 e. The minimum absolute atomic E-state index is 0.0293. The standard InChI is InChI=1S/C15H10ClN3O3S/c16-9-4-8(14(20)12(5-9)19(21)22)7-18-15-11(6-17)10-2-1-3-13(10)23-15/h4-5,7,20H,1-3H2/p-1. The molecule has 0 atom stereocenters. The van der Waals surface area contributed by atoms with Crippen LogP contribution in [0.15, 0.2) is 17.1 Å². The van der Waals surface area contributed by atoms with Crippen molar-refractivity contribution in [2.75, 3.05) is 0 Å². The number of nitriles is 1. The monoisotopic (exact) mass is 346 g/mol. The summed E-state index contributed by atoms with van der Waals surface area (Å²) in [4.78, 5) is 15.4. The molecule has 1 heterocycles. The number of aryl methyl sites for hydroxylation is 1. The number of thiophene rings is 1. The minimum atomic E-state index is -0.772. The second-order valence-electron chi connectivity index (χ2n) is 5.01. The first-order valence-corrected chi connectivity index (χ1v) is 7.94. The molecule has 1 aromatic carbocycles. The second-order valence-corrected chi connectivity index (χ2v) is 6.53. The molecule has 0 aliphatic heterocycles. The molecule has 0 N–H and O–H groups in total. The molecule has 3 rings (SSSR count). The van der Waals surface area contributed by atoms with Gasteiger partial charge in [0.2, 0.25) is 0 Å². The van der Waals surface area contributed by atoms with Crippen LogP contribution in [0, 0.1) is 21.4 Å². The zero-order valence-corrected chi connectivity index (χ0v) is 13.3. The van der Waals surface area contributed by atoms with E-state index in [1.54, 1.807) is 0 Å². The van der Waals surface area contributed by atoms with Crippen LogP contribution in [-0.4, -0.2) is 11.1 Å². The van der Waals surface area contributed by atoms with Crippen molar-refractivity contribution in [2.24, 2.45) is 4.99 Å². The number of halogens is 1. The van der Waals surface area contributed by atoms with E-state index >= 15 is 0 Å². The fraction of sp³-hybridized carbons (Fsp3) is 0.200. The Morgan fingerprint density at radius 3 is 2.91 bits per heavy atom. The van der Waals surface area contributed by atoms with Crippen LogP contribution in [-0.2, 0) is 12.8 Å². The largest absolute Gasteiger partial charge is 0.867 e.